The number of Topliss-reactive ketones (excluding diaryl/α,β-unsaturated/α-hetero) is 1. The second-order valence-corrected chi connectivity index (χ2v) is 16.0. The van der Waals surface area contributed by atoms with E-state index in [1.165, 1.54) is 10.4 Å². The predicted molar refractivity (Wildman–Crippen MR) is 170 cm³/mol. The van der Waals surface area contributed by atoms with Crippen LogP contribution >= 0.6 is 0 Å². The third kappa shape index (κ3) is 7.54. The number of ether oxygens (including phenoxy) is 2. The van der Waals surface area contributed by atoms with Gasteiger partial charge in [-0.15, -0.1) is 0 Å². The van der Waals surface area contributed by atoms with Crippen molar-refractivity contribution in [2.24, 2.45) is 5.92 Å². The van der Waals surface area contributed by atoms with Crippen LogP contribution in [0.15, 0.2) is 115 Å². The van der Waals surface area contributed by atoms with E-state index in [1.54, 1.807) is 0 Å². The number of hydrogen-bond donors (Lipinski definition) is 0. The maximum atomic E-state index is 13.3. The molecule has 0 saturated heterocycles. The highest BCUT2D eigenvalue weighted by molar-refractivity contribution is 6.99. The quantitative estimate of drug-likeness (QED) is 0.161. The van der Waals surface area contributed by atoms with Crippen molar-refractivity contribution < 1.29 is 18.7 Å². The van der Waals surface area contributed by atoms with Crippen LogP contribution in [0.1, 0.15) is 46.6 Å². The first-order valence-electron chi connectivity index (χ1n) is 14.4. The summed E-state index contributed by atoms with van der Waals surface area (Å²) in [7, 11) is -2.70. The van der Waals surface area contributed by atoms with Gasteiger partial charge in [0.25, 0.3) is 8.32 Å². The fraction of sp³-hybridized carbons (Fsp3) is 0.306. The van der Waals surface area contributed by atoms with Crippen molar-refractivity contribution in [3.63, 3.8) is 0 Å². The Labute approximate surface area is 246 Å². The first-order chi connectivity index (χ1) is 19.7. The van der Waals surface area contributed by atoms with Crippen molar-refractivity contribution in [1.82, 2.24) is 0 Å². The summed E-state index contributed by atoms with van der Waals surface area (Å²) in [6, 6.07) is 38.7. The number of carbonyl (C=O) groups is 1. The van der Waals surface area contributed by atoms with Gasteiger partial charge in [0.1, 0.15) is 18.1 Å². The molecule has 214 valence electrons. The minimum atomic E-state index is -2.70. The lowest BCUT2D eigenvalue weighted by Gasteiger charge is -2.43. The molecule has 0 N–H and O–H groups in total. The lowest BCUT2D eigenvalue weighted by atomic mass is 10.0. The molecule has 0 radical (unpaired) electrons. The average molecular weight is 567 g/mol. The fourth-order valence-corrected chi connectivity index (χ4v) is 9.81. The molecule has 0 saturated carbocycles. The van der Waals surface area contributed by atoms with E-state index < -0.39 is 14.4 Å². The molecule has 0 fully saturated rings. The molecule has 0 aliphatic rings. The summed E-state index contributed by atoms with van der Waals surface area (Å²) in [6.07, 6.45) is -0.141. The largest absolute Gasteiger partial charge is 0.489 e. The van der Waals surface area contributed by atoms with Crippen molar-refractivity contribution >= 4 is 24.5 Å². The predicted octanol–water partition coefficient (Wildman–Crippen LogP) is 7.20. The Morgan fingerprint density at radius 3 is 1.68 bits per heavy atom. The van der Waals surface area contributed by atoms with E-state index in [4.69, 9.17) is 13.9 Å². The van der Waals surface area contributed by atoms with Crippen LogP contribution in [0.4, 0.5) is 0 Å². The zero-order valence-electron chi connectivity index (χ0n) is 24.9. The molecule has 0 heterocycles. The number of hydrogen-bond acceptors (Lipinski definition) is 4. The second kappa shape index (κ2) is 13.8. The summed E-state index contributed by atoms with van der Waals surface area (Å²) in [5.41, 5.74) is 1.11. The maximum Gasteiger partial charge on any atom is 0.261 e. The molecule has 0 aliphatic heterocycles. The zero-order chi connectivity index (χ0) is 29.3. The molecule has 0 spiro atoms. The highest BCUT2D eigenvalue weighted by Gasteiger charge is 2.50. The van der Waals surface area contributed by atoms with Crippen LogP contribution in [-0.2, 0) is 15.8 Å². The van der Waals surface area contributed by atoms with Gasteiger partial charge in [-0.3, -0.25) is 4.79 Å². The Kier molecular flexibility index (Phi) is 10.2. The molecular formula is C36H42O4Si. The third-order valence-electron chi connectivity index (χ3n) is 7.35. The summed E-state index contributed by atoms with van der Waals surface area (Å²) in [6.45, 7) is 11.5. The zero-order valence-corrected chi connectivity index (χ0v) is 25.9. The first-order valence-corrected chi connectivity index (χ1v) is 16.3. The van der Waals surface area contributed by atoms with Gasteiger partial charge in [-0.25, -0.2) is 0 Å². The minimum absolute atomic E-state index is 0.0699. The maximum absolute atomic E-state index is 13.3. The Hall–Kier alpha value is -3.67. The van der Waals surface area contributed by atoms with Gasteiger partial charge in [0.05, 0.1) is 0 Å². The Morgan fingerprint density at radius 2 is 1.20 bits per heavy atom. The lowest BCUT2D eigenvalue weighted by Crippen LogP contribution is -2.66. The molecule has 41 heavy (non-hydrogen) atoms. The van der Waals surface area contributed by atoms with Gasteiger partial charge in [0.2, 0.25) is 0 Å². The smallest absolute Gasteiger partial charge is 0.261 e. The van der Waals surface area contributed by atoms with Crippen molar-refractivity contribution in [1.29, 1.82) is 0 Å². The Balaban J connectivity index is 1.51. The van der Waals surface area contributed by atoms with Gasteiger partial charge in [-0.2, -0.15) is 0 Å². The Bertz CT molecular complexity index is 1310. The number of rotatable bonds is 13. The molecule has 5 heteroatoms. The highest BCUT2D eigenvalue weighted by Crippen LogP contribution is 2.37. The van der Waals surface area contributed by atoms with Crippen molar-refractivity contribution in [2.45, 2.75) is 58.8 Å². The van der Waals surface area contributed by atoms with Crippen molar-refractivity contribution in [2.75, 3.05) is 6.61 Å². The van der Waals surface area contributed by atoms with Gasteiger partial charge >= 0.3 is 0 Å². The SMILES string of the molecule is CC(C)C(=O)C(CCO[Si](c1ccccc1)(c1ccccc1)C(C)(C)C)Oc1ccc(OCc2ccccc2)cc1. The van der Waals surface area contributed by atoms with Crippen LogP contribution in [0.2, 0.25) is 5.04 Å². The molecule has 0 bridgehead atoms. The van der Waals surface area contributed by atoms with E-state index >= 15 is 0 Å². The van der Waals surface area contributed by atoms with Crippen molar-refractivity contribution in [3.05, 3.63) is 121 Å². The molecule has 4 nitrogen and oxygen atoms in total. The van der Waals surface area contributed by atoms with Crippen LogP contribution in [0.5, 0.6) is 11.5 Å². The number of benzene rings is 4. The molecule has 4 aromatic rings. The van der Waals surface area contributed by atoms with Crippen LogP contribution < -0.4 is 19.8 Å². The molecule has 0 aromatic heterocycles. The van der Waals surface area contributed by atoms with Crippen LogP contribution in [0.25, 0.3) is 0 Å². The standard InChI is InChI=1S/C36H42O4Si/c1-28(2)35(37)34(40-31-23-21-30(22-24-31)38-27-29-15-9-6-10-16-29)25-26-39-41(36(3,4)5,32-17-11-7-12-18-32)33-19-13-8-14-20-33/h6-24,28,34H,25-27H2,1-5H3. The van der Waals surface area contributed by atoms with E-state index in [0.717, 1.165) is 11.3 Å². The summed E-state index contributed by atoms with van der Waals surface area (Å²) in [4.78, 5) is 13.3. The fourth-order valence-electron chi connectivity index (χ4n) is 5.23. The summed E-state index contributed by atoms with van der Waals surface area (Å²) in [5.74, 6) is 1.31. The molecule has 0 aliphatic carbocycles. The van der Waals surface area contributed by atoms with E-state index in [9.17, 15) is 4.79 Å². The summed E-state index contributed by atoms with van der Waals surface area (Å²) >= 11 is 0. The normalized spacial score (nSPS) is 12.6. The first kappa shape index (κ1) is 30.3. The van der Waals surface area contributed by atoms with E-state index in [2.05, 4.69) is 69.3 Å². The van der Waals surface area contributed by atoms with Crippen molar-refractivity contribution in [3.8, 4) is 11.5 Å². The molecule has 0 amide bonds. The molecule has 4 aromatic carbocycles. The molecule has 1 unspecified atom stereocenters. The average Bonchev–Trinajstić information content (AvgIpc) is 2.98. The van der Waals surface area contributed by atoms with Gasteiger partial charge in [0.15, 0.2) is 11.9 Å². The number of ketones is 1. The van der Waals surface area contributed by atoms with Crippen LogP contribution in [0, 0.1) is 5.92 Å². The third-order valence-corrected chi connectivity index (χ3v) is 12.4. The van der Waals surface area contributed by atoms with Gasteiger partial charge < -0.3 is 13.9 Å². The topological polar surface area (TPSA) is 44.8 Å². The Morgan fingerprint density at radius 1 is 0.707 bits per heavy atom. The number of carbonyl (C=O) groups excluding carboxylic acids is 1. The van der Waals surface area contributed by atoms with Crippen LogP contribution in [0.3, 0.4) is 0 Å². The van der Waals surface area contributed by atoms with Crippen LogP contribution in [-0.4, -0.2) is 26.8 Å². The second-order valence-electron chi connectivity index (χ2n) is 11.7. The molecule has 1 atom stereocenters. The minimum Gasteiger partial charge on any atom is -0.489 e. The lowest BCUT2D eigenvalue weighted by molar-refractivity contribution is -0.129. The van der Waals surface area contributed by atoms with E-state index in [1.807, 2.05) is 80.6 Å². The van der Waals surface area contributed by atoms with Gasteiger partial charge in [-0.05, 0) is 45.2 Å². The van der Waals surface area contributed by atoms with E-state index in [-0.39, 0.29) is 16.7 Å². The monoisotopic (exact) mass is 566 g/mol. The molecular weight excluding hydrogens is 524 g/mol. The summed E-state index contributed by atoms with van der Waals surface area (Å²) in [5, 5.41) is 2.30. The van der Waals surface area contributed by atoms with Gasteiger partial charge in [0, 0.05) is 18.9 Å². The summed E-state index contributed by atoms with van der Waals surface area (Å²) < 4.78 is 19.3. The molecule has 4 rings (SSSR count). The van der Waals surface area contributed by atoms with E-state index in [0.29, 0.717) is 25.4 Å². The highest BCUT2D eigenvalue weighted by atomic mass is 28.4. The van der Waals surface area contributed by atoms with Gasteiger partial charge in [-0.1, -0.05) is 126 Å².